The van der Waals surface area contributed by atoms with Crippen molar-refractivity contribution in [2.24, 2.45) is 0 Å². The molecule has 29 heavy (non-hydrogen) atoms. The summed E-state index contributed by atoms with van der Waals surface area (Å²) < 4.78 is 33.7. The Kier molecular flexibility index (Phi) is 25.6. The van der Waals surface area contributed by atoms with Crippen LogP contribution in [-0.4, -0.2) is 29.4 Å². The van der Waals surface area contributed by atoms with E-state index in [1.165, 1.54) is 83.5 Å². The van der Waals surface area contributed by atoms with Crippen molar-refractivity contribution < 1.29 is 69.5 Å². The second-order valence-corrected chi connectivity index (χ2v) is 10.1. The molecule has 0 saturated heterocycles. The molecule has 0 heterocycles. The van der Waals surface area contributed by atoms with Gasteiger partial charge < -0.3 is 9.66 Å². The van der Waals surface area contributed by atoms with Gasteiger partial charge in [0, 0.05) is 0 Å². The van der Waals surface area contributed by atoms with E-state index in [1.807, 2.05) is 6.92 Å². The van der Waals surface area contributed by atoms with Gasteiger partial charge in [0.05, 0.1) is 11.4 Å². The summed E-state index contributed by atoms with van der Waals surface area (Å²) in [6.45, 7) is 4.10. The van der Waals surface area contributed by atoms with Crippen molar-refractivity contribution in [1.82, 2.24) is 0 Å². The van der Waals surface area contributed by atoms with Crippen LogP contribution in [0.2, 0.25) is 0 Å². The average Bonchev–Trinajstić information content (AvgIpc) is 2.64. The van der Waals surface area contributed by atoms with Gasteiger partial charge in [0.2, 0.25) is 0 Å². The standard InChI is InChI=1S/C23H48O4S.K/c1-3-5-6-7-8-9-10-11-12-13-14-15-16-17-18-19-21-22(24)23(20-4-2)28(25,26)27;/h22-24H,3-21H2,1-2H3,(H,25,26,27);/q;+1/p-1. The SMILES string of the molecule is CCCCCCCCCCCCCCCCCCC(O)C(CCC)S(=O)(=O)[O-].[K+]. The molecule has 0 saturated carbocycles. The Hall–Kier alpha value is 1.51. The quantitative estimate of drug-likeness (QED) is 0.162. The van der Waals surface area contributed by atoms with E-state index >= 15 is 0 Å². The normalized spacial score (nSPS) is 13.8. The van der Waals surface area contributed by atoms with E-state index in [-0.39, 0.29) is 57.8 Å². The third-order valence-electron chi connectivity index (χ3n) is 5.73. The largest absolute Gasteiger partial charge is 1.00 e. The minimum Gasteiger partial charge on any atom is -0.748 e. The first-order valence-electron chi connectivity index (χ1n) is 12.1. The van der Waals surface area contributed by atoms with Crippen LogP contribution in [0.4, 0.5) is 0 Å². The molecule has 0 aliphatic heterocycles. The van der Waals surface area contributed by atoms with Crippen LogP contribution < -0.4 is 51.4 Å². The van der Waals surface area contributed by atoms with Gasteiger partial charge in [0.15, 0.2) is 0 Å². The number of rotatable bonds is 21. The van der Waals surface area contributed by atoms with Gasteiger partial charge in [-0.3, -0.25) is 0 Å². The molecule has 0 aliphatic rings. The summed E-state index contributed by atoms with van der Waals surface area (Å²) in [4.78, 5) is 0. The summed E-state index contributed by atoms with van der Waals surface area (Å²) >= 11 is 0. The first-order valence-corrected chi connectivity index (χ1v) is 13.5. The Labute approximate surface area is 224 Å². The average molecular weight is 459 g/mol. The van der Waals surface area contributed by atoms with Gasteiger partial charge >= 0.3 is 51.4 Å². The Morgan fingerprint density at radius 3 is 1.28 bits per heavy atom. The Bertz CT molecular complexity index is 429. The molecule has 170 valence electrons. The summed E-state index contributed by atoms with van der Waals surface area (Å²) in [6, 6.07) is 0. The summed E-state index contributed by atoms with van der Waals surface area (Å²) in [7, 11) is -4.40. The number of aliphatic hydroxyl groups excluding tert-OH is 1. The maximum atomic E-state index is 11.2. The van der Waals surface area contributed by atoms with Crippen molar-refractivity contribution in [2.75, 3.05) is 0 Å². The fraction of sp³-hybridized carbons (Fsp3) is 1.00. The molecular formula is C23H47KO4S. The molecule has 0 spiro atoms. The van der Waals surface area contributed by atoms with E-state index in [0.717, 1.165) is 19.3 Å². The molecule has 1 N–H and O–H groups in total. The second kappa shape index (κ2) is 22.7. The molecule has 0 radical (unpaired) electrons. The Morgan fingerprint density at radius 1 is 0.621 bits per heavy atom. The van der Waals surface area contributed by atoms with E-state index in [1.54, 1.807) is 0 Å². The number of hydrogen-bond donors (Lipinski definition) is 1. The van der Waals surface area contributed by atoms with Crippen molar-refractivity contribution in [3.63, 3.8) is 0 Å². The maximum absolute atomic E-state index is 11.2. The Morgan fingerprint density at radius 2 is 0.966 bits per heavy atom. The molecule has 0 aromatic rings. The van der Waals surface area contributed by atoms with Crippen molar-refractivity contribution >= 4 is 10.1 Å². The maximum Gasteiger partial charge on any atom is 1.00 e. The van der Waals surface area contributed by atoms with E-state index in [0.29, 0.717) is 12.8 Å². The van der Waals surface area contributed by atoms with E-state index in [2.05, 4.69) is 6.92 Å². The number of unbranched alkanes of at least 4 members (excludes halogenated alkanes) is 15. The third kappa shape index (κ3) is 21.1. The van der Waals surface area contributed by atoms with Gasteiger partial charge in [-0.05, 0) is 12.8 Å². The third-order valence-corrected chi connectivity index (χ3v) is 7.02. The zero-order valence-corrected chi connectivity index (χ0v) is 23.6. The molecule has 0 amide bonds. The zero-order chi connectivity index (χ0) is 21.1. The van der Waals surface area contributed by atoms with Gasteiger partial charge in [-0.25, -0.2) is 8.42 Å². The number of aliphatic hydroxyl groups is 1. The van der Waals surface area contributed by atoms with Crippen molar-refractivity contribution in [2.45, 2.75) is 147 Å². The van der Waals surface area contributed by atoms with Gasteiger partial charge in [-0.15, -0.1) is 0 Å². The molecule has 0 fully saturated rings. The molecule has 0 rings (SSSR count). The van der Waals surface area contributed by atoms with Gasteiger partial charge in [-0.1, -0.05) is 123 Å². The first kappa shape index (κ1) is 32.7. The van der Waals surface area contributed by atoms with Crippen LogP contribution in [0.25, 0.3) is 0 Å². The van der Waals surface area contributed by atoms with E-state index in [4.69, 9.17) is 0 Å². The minimum atomic E-state index is -4.40. The number of hydrogen-bond acceptors (Lipinski definition) is 4. The molecule has 0 aliphatic carbocycles. The van der Waals surface area contributed by atoms with Crippen LogP contribution in [0, 0.1) is 0 Å². The summed E-state index contributed by atoms with van der Waals surface area (Å²) in [5.74, 6) is 0. The summed E-state index contributed by atoms with van der Waals surface area (Å²) in [5, 5.41) is 8.88. The molecule has 6 heteroatoms. The second-order valence-electron chi connectivity index (χ2n) is 8.48. The molecule has 0 bridgehead atoms. The molecule has 0 aromatic carbocycles. The fourth-order valence-corrected chi connectivity index (χ4v) is 4.95. The predicted octanol–water partition coefficient (Wildman–Crippen LogP) is 3.72. The predicted molar refractivity (Wildman–Crippen MR) is 119 cm³/mol. The van der Waals surface area contributed by atoms with Crippen LogP contribution in [0.1, 0.15) is 136 Å². The van der Waals surface area contributed by atoms with Crippen molar-refractivity contribution in [3.8, 4) is 0 Å². The van der Waals surface area contributed by atoms with Crippen LogP contribution in [0.3, 0.4) is 0 Å². The fourth-order valence-electron chi connectivity index (χ4n) is 3.90. The van der Waals surface area contributed by atoms with E-state index in [9.17, 15) is 18.1 Å². The molecule has 2 atom stereocenters. The van der Waals surface area contributed by atoms with Crippen molar-refractivity contribution in [3.05, 3.63) is 0 Å². The molecule has 0 aromatic heterocycles. The van der Waals surface area contributed by atoms with Crippen molar-refractivity contribution in [1.29, 1.82) is 0 Å². The summed E-state index contributed by atoms with van der Waals surface area (Å²) in [5.41, 5.74) is 0. The molecule has 2 unspecified atom stereocenters. The van der Waals surface area contributed by atoms with Gasteiger partial charge in [-0.2, -0.15) is 0 Å². The van der Waals surface area contributed by atoms with Crippen LogP contribution >= 0.6 is 0 Å². The summed E-state index contributed by atoms with van der Waals surface area (Å²) in [6.07, 6.45) is 20.8. The topological polar surface area (TPSA) is 77.4 Å². The van der Waals surface area contributed by atoms with E-state index < -0.39 is 21.5 Å². The molecule has 4 nitrogen and oxygen atoms in total. The molecular weight excluding hydrogens is 411 g/mol. The van der Waals surface area contributed by atoms with Gasteiger partial charge in [0.25, 0.3) is 0 Å². The zero-order valence-electron chi connectivity index (χ0n) is 19.7. The van der Waals surface area contributed by atoms with Gasteiger partial charge in [0.1, 0.15) is 10.1 Å². The smallest absolute Gasteiger partial charge is 0.748 e. The van der Waals surface area contributed by atoms with Crippen LogP contribution in [0.15, 0.2) is 0 Å². The first-order chi connectivity index (χ1) is 13.4. The Balaban J connectivity index is 0. The minimum absolute atomic E-state index is 0. The van der Waals surface area contributed by atoms with Crippen LogP contribution in [-0.2, 0) is 10.1 Å². The van der Waals surface area contributed by atoms with Crippen LogP contribution in [0.5, 0.6) is 0 Å². The monoisotopic (exact) mass is 458 g/mol.